The molecule has 1 aliphatic carbocycles. The summed E-state index contributed by atoms with van der Waals surface area (Å²) in [6.45, 7) is 1.91. The van der Waals surface area contributed by atoms with Crippen LogP contribution in [0.3, 0.4) is 0 Å². The Morgan fingerprint density at radius 1 is 1.67 bits per heavy atom. The van der Waals surface area contributed by atoms with E-state index in [4.69, 9.17) is 5.11 Å². The minimum absolute atomic E-state index is 0.0752. The van der Waals surface area contributed by atoms with Gasteiger partial charge in [0.05, 0.1) is 12.2 Å². The van der Waals surface area contributed by atoms with Crippen molar-refractivity contribution in [2.45, 2.75) is 31.8 Å². The molecule has 1 rings (SSSR count). The lowest BCUT2D eigenvalue weighted by atomic mass is 9.94. The van der Waals surface area contributed by atoms with E-state index in [0.29, 0.717) is 0 Å². The number of rotatable bonds is 1. The molecule has 0 aromatic carbocycles. The predicted octanol–water partition coefficient (Wildman–Crippen LogP) is 0.530. The molecule has 2 N–H and O–H groups in total. The Morgan fingerprint density at radius 2 is 2.33 bits per heavy atom. The van der Waals surface area contributed by atoms with E-state index in [1.54, 1.807) is 0 Å². The summed E-state index contributed by atoms with van der Waals surface area (Å²) < 4.78 is 0. The molecule has 0 radical (unpaired) electrons. The van der Waals surface area contributed by atoms with Gasteiger partial charge >= 0.3 is 0 Å². The van der Waals surface area contributed by atoms with Gasteiger partial charge in [0.15, 0.2) is 0 Å². The van der Waals surface area contributed by atoms with Gasteiger partial charge in [-0.25, -0.2) is 0 Å². The van der Waals surface area contributed by atoms with Crippen molar-refractivity contribution < 1.29 is 10.2 Å². The van der Waals surface area contributed by atoms with Gasteiger partial charge in [0.25, 0.3) is 0 Å². The largest absolute Gasteiger partial charge is 0.393 e. The SMILES string of the molecule is CC1CCCC1(O)CO. The van der Waals surface area contributed by atoms with Crippen molar-refractivity contribution >= 4 is 0 Å². The average Bonchev–Trinajstić information content (AvgIpc) is 2.15. The van der Waals surface area contributed by atoms with Crippen LogP contribution in [0.15, 0.2) is 0 Å². The second-order valence-corrected chi connectivity index (χ2v) is 3.05. The van der Waals surface area contributed by atoms with Gasteiger partial charge in [-0.2, -0.15) is 0 Å². The Bertz CT molecular complexity index is 103. The van der Waals surface area contributed by atoms with Crippen molar-refractivity contribution in [1.82, 2.24) is 0 Å². The van der Waals surface area contributed by atoms with E-state index in [9.17, 15) is 5.11 Å². The minimum Gasteiger partial charge on any atom is -0.393 e. The van der Waals surface area contributed by atoms with Crippen molar-refractivity contribution in [2.24, 2.45) is 5.92 Å². The zero-order chi connectivity index (χ0) is 6.91. The third-order valence-corrected chi connectivity index (χ3v) is 2.44. The molecule has 0 amide bonds. The summed E-state index contributed by atoms with van der Waals surface area (Å²) in [4.78, 5) is 0. The number of hydrogen-bond donors (Lipinski definition) is 2. The zero-order valence-electron chi connectivity index (χ0n) is 5.80. The molecule has 0 heterocycles. The summed E-state index contributed by atoms with van der Waals surface area (Å²) in [6, 6.07) is 0. The summed E-state index contributed by atoms with van der Waals surface area (Å²) in [7, 11) is 0. The highest BCUT2D eigenvalue weighted by Gasteiger charge is 2.37. The lowest BCUT2D eigenvalue weighted by molar-refractivity contribution is -0.0390. The number of aliphatic hydroxyl groups excluding tert-OH is 1. The maximum atomic E-state index is 9.52. The maximum absolute atomic E-state index is 9.52. The first-order valence-corrected chi connectivity index (χ1v) is 3.52. The summed E-state index contributed by atoms with van der Waals surface area (Å²) in [5.41, 5.74) is -0.750. The highest BCUT2D eigenvalue weighted by molar-refractivity contribution is 4.88. The predicted molar refractivity (Wildman–Crippen MR) is 35.1 cm³/mol. The molecular weight excluding hydrogens is 116 g/mol. The van der Waals surface area contributed by atoms with Crippen molar-refractivity contribution in [3.05, 3.63) is 0 Å². The monoisotopic (exact) mass is 130 g/mol. The Morgan fingerprint density at radius 3 is 2.56 bits per heavy atom. The Hall–Kier alpha value is -0.0800. The van der Waals surface area contributed by atoms with Gasteiger partial charge < -0.3 is 10.2 Å². The molecule has 2 unspecified atom stereocenters. The third kappa shape index (κ3) is 1.10. The summed E-state index contributed by atoms with van der Waals surface area (Å²) in [6.07, 6.45) is 2.87. The highest BCUT2D eigenvalue weighted by Crippen LogP contribution is 2.34. The van der Waals surface area contributed by atoms with Crippen molar-refractivity contribution in [3.63, 3.8) is 0 Å². The van der Waals surface area contributed by atoms with E-state index in [1.807, 2.05) is 6.92 Å². The average molecular weight is 130 g/mol. The quantitative estimate of drug-likeness (QED) is 0.543. The smallest absolute Gasteiger partial charge is 0.0902 e. The molecular formula is C7H14O2. The van der Waals surface area contributed by atoms with Gasteiger partial charge in [0.1, 0.15) is 0 Å². The molecule has 1 saturated carbocycles. The van der Waals surface area contributed by atoms with Crippen molar-refractivity contribution in [3.8, 4) is 0 Å². The van der Waals surface area contributed by atoms with Gasteiger partial charge in [0, 0.05) is 0 Å². The van der Waals surface area contributed by atoms with Crippen LogP contribution < -0.4 is 0 Å². The van der Waals surface area contributed by atoms with Crippen LogP contribution in [-0.2, 0) is 0 Å². The van der Waals surface area contributed by atoms with Crippen molar-refractivity contribution in [1.29, 1.82) is 0 Å². The molecule has 2 nitrogen and oxygen atoms in total. The minimum atomic E-state index is -0.750. The van der Waals surface area contributed by atoms with Crippen LogP contribution in [0.4, 0.5) is 0 Å². The standard InChI is InChI=1S/C7H14O2/c1-6-3-2-4-7(6,9)5-8/h6,8-9H,2-5H2,1H3. The topological polar surface area (TPSA) is 40.5 Å². The van der Waals surface area contributed by atoms with Crippen LogP contribution in [-0.4, -0.2) is 22.4 Å². The summed E-state index contributed by atoms with van der Waals surface area (Å²) in [5, 5.41) is 18.3. The maximum Gasteiger partial charge on any atom is 0.0902 e. The molecule has 2 heteroatoms. The van der Waals surface area contributed by atoms with E-state index in [-0.39, 0.29) is 12.5 Å². The van der Waals surface area contributed by atoms with Crippen LogP contribution in [0.1, 0.15) is 26.2 Å². The molecule has 54 valence electrons. The normalized spacial score (nSPS) is 43.7. The van der Waals surface area contributed by atoms with Gasteiger partial charge in [-0.3, -0.25) is 0 Å². The van der Waals surface area contributed by atoms with E-state index in [0.717, 1.165) is 19.3 Å². The molecule has 2 atom stereocenters. The van der Waals surface area contributed by atoms with Gasteiger partial charge in [-0.15, -0.1) is 0 Å². The lowest BCUT2D eigenvalue weighted by Crippen LogP contribution is -2.35. The number of aliphatic hydroxyl groups is 2. The van der Waals surface area contributed by atoms with Crippen LogP contribution in [0.25, 0.3) is 0 Å². The Kier molecular flexibility index (Phi) is 1.78. The molecule has 0 spiro atoms. The number of hydrogen-bond acceptors (Lipinski definition) is 2. The second-order valence-electron chi connectivity index (χ2n) is 3.05. The molecule has 0 aromatic rings. The first kappa shape index (κ1) is 7.03. The zero-order valence-corrected chi connectivity index (χ0v) is 5.80. The molecule has 9 heavy (non-hydrogen) atoms. The molecule has 1 fully saturated rings. The molecule has 0 saturated heterocycles. The Labute approximate surface area is 55.5 Å². The first-order chi connectivity index (χ1) is 4.19. The van der Waals surface area contributed by atoms with Gasteiger partial charge in [0.2, 0.25) is 0 Å². The molecule has 0 aliphatic heterocycles. The van der Waals surface area contributed by atoms with Crippen molar-refractivity contribution in [2.75, 3.05) is 6.61 Å². The third-order valence-electron chi connectivity index (χ3n) is 2.44. The fraction of sp³-hybridized carbons (Fsp3) is 1.00. The molecule has 1 aliphatic rings. The fourth-order valence-electron chi connectivity index (χ4n) is 1.46. The summed E-state index contributed by atoms with van der Waals surface area (Å²) in [5.74, 6) is 0.280. The first-order valence-electron chi connectivity index (χ1n) is 3.52. The van der Waals surface area contributed by atoms with Crippen LogP contribution in [0.2, 0.25) is 0 Å². The fourth-order valence-corrected chi connectivity index (χ4v) is 1.46. The van der Waals surface area contributed by atoms with Crippen LogP contribution in [0.5, 0.6) is 0 Å². The van der Waals surface area contributed by atoms with E-state index >= 15 is 0 Å². The Balaban J connectivity index is 2.56. The molecule has 0 bridgehead atoms. The molecule has 0 aromatic heterocycles. The van der Waals surface area contributed by atoms with E-state index in [1.165, 1.54) is 0 Å². The lowest BCUT2D eigenvalue weighted by Gasteiger charge is -2.24. The van der Waals surface area contributed by atoms with E-state index < -0.39 is 5.60 Å². The van der Waals surface area contributed by atoms with Crippen LogP contribution >= 0.6 is 0 Å². The van der Waals surface area contributed by atoms with Gasteiger partial charge in [-0.05, 0) is 18.8 Å². The van der Waals surface area contributed by atoms with Crippen LogP contribution in [0, 0.1) is 5.92 Å². The second kappa shape index (κ2) is 2.27. The highest BCUT2D eigenvalue weighted by atomic mass is 16.3. The summed E-state index contributed by atoms with van der Waals surface area (Å²) >= 11 is 0. The van der Waals surface area contributed by atoms with Gasteiger partial charge in [-0.1, -0.05) is 13.3 Å². The van der Waals surface area contributed by atoms with E-state index in [2.05, 4.69) is 0 Å².